The first kappa shape index (κ1) is 20.5. The molecule has 0 aromatic carbocycles. The van der Waals surface area contributed by atoms with E-state index in [-0.39, 0.29) is 11.9 Å². The molecule has 0 rings (SSSR count). The Morgan fingerprint density at radius 1 is 0.810 bits per heavy atom. The molecule has 1 atom stereocenters. The largest absolute Gasteiger partial charge is 0.465 e. The quantitative estimate of drug-likeness (QED) is 0.285. The summed E-state index contributed by atoms with van der Waals surface area (Å²) in [7, 11) is 0. The molecule has 0 heterocycles. The van der Waals surface area contributed by atoms with Crippen molar-refractivity contribution < 1.29 is 9.53 Å². The van der Waals surface area contributed by atoms with Crippen LogP contribution in [0.4, 0.5) is 0 Å². The van der Waals surface area contributed by atoms with Crippen molar-refractivity contribution in [1.29, 1.82) is 0 Å². The number of carbonyl (C=O) groups is 1. The highest BCUT2D eigenvalue weighted by molar-refractivity contribution is 5.71. The number of hydrogen-bond donors (Lipinski definition) is 0. The summed E-state index contributed by atoms with van der Waals surface area (Å²) in [5.74, 6) is 0.916. The average molecular weight is 299 g/mol. The van der Waals surface area contributed by atoms with Crippen LogP contribution in [0.2, 0.25) is 0 Å². The van der Waals surface area contributed by atoms with Crippen LogP contribution in [0.15, 0.2) is 0 Å². The third kappa shape index (κ3) is 14.2. The molecule has 0 aliphatic rings. The second-order valence-electron chi connectivity index (χ2n) is 6.87. The number of esters is 1. The van der Waals surface area contributed by atoms with E-state index in [4.69, 9.17) is 4.74 Å². The zero-order valence-corrected chi connectivity index (χ0v) is 15.0. The maximum absolute atomic E-state index is 11.8. The third-order valence-corrected chi connectivity index (χ3v) is 4.06. The van der Waals surface area contributed by atoms with Gasteiger partial charge < -0.3 is 4.74 Å². The van der Waals surface area contributed by atoms with E-state index in [0.717, 1.165) is 25.2 Å². The summed E-state index contributed by atoms with van der Waals surface area (Å²) in [6.45, 7) is 9.37. The molecule has 2 heteroatoms. The normalized spacial score (nSPS) is 12.6. The van der Waals surface area contributed by atoms with Crippen LogP contribution in [0.3, 0.4) is 0 Å². The monoisotopic (exact) mass is 298 g/mol. The van der Waals surface area contributed by atoms with Gasteiger partial charge >= 0.3 is 5.97 Å². The van der Waals surface area contributed by atoms with Crippen LogP contribution in [0, 0.1) is 11.8 Å². The topological polar surface area (TPSA) is 26.3 Å². The zero-order valence-electron chi connectivity index (χ0n) is 15.0. The van der Waals surface area contributed by atoms with Crippen molar-refractivity contribution in [3.8, 4) is 0 Å². The van der Waals surface area contributed by atoms with Gasteiger partial charge in [0.1, 0.15) is 0 Å². The molecule has 0 spiro atoms. The van der Waals surface area contributed by atoms with Crippen molar-refractivity contribution in [2.45, 2.75) is 98.3 Å². The van der Waals surface area contributed by atoms with E-state index in [2.05, 4.69) is 20.8 Å². The van der Waals surface area contributed by atoms with Crippen molar-refractivity contribution in [3.05, 3.63) is 0 Å². The Morgan fingerprint density at radius 3 is 2.00 bits per heavy atom. The number of rotatable bonds is 14. The van der Waals surface area contributed by atoms with Crippen LogP contribution >= 0.6 is 0 Å². The molecular weight excluding hydrogens is 260 g/mol. The highest BCUT2D eigenvalue weighted by Gasteiger charge is 2.13. The van der Waals surface area contributed by atoms with Gasteiger partial charge in [-0.3, -0.25) is 4.79 Å². The summed E-state index contributed by atoms with van der Waals surface area (Å²) in [5, 5.41) is 0. The molecule has 0 saturated heterocycles. The minimum Gasteiger partial charge on any atom is -0.465 e. The second kappa shape index (κ2) is 14.4. The van der Waals surface area contributed by atoms with E-state index in [0.29, 0.717) is 6.61 Å². The maximum Gasteiger partial charge on any atom is 0.308 e. The molecule has 2 nitrogen and oxygen atoms in total. The summed E-state index contributed by atoms with van der Waals surface area (Å²) >= 11 is 0. The number of hydrogen-bond acceptors (Lipinski definition) is 2. The van der Waals surface area contributed by atoms with E-state index in [9.17, 15) is 4.79 Å². The third-order valence-electron chi connectivity index (χ3n) is 4.06. The first-order valence-electron chi connectivity index (χ1n) is 9.24. The Labute approximate surface area is 133 Å². The zero-order chi connectivity index (χ0) is 15.9. The van der Waals surface area contributed by atoms with E-state index < -0.39 is 0 Å². The fourth-order valence-electron chi connectivity index (χ4n) is 2.50. The summed E-state index contributed by atoms with van der Waals surface area (Å²) in [6.07, 6.45) is 13.4. The van der Waals surface area contributed by atoms with E-state index >= 15 is 0 Å². The lowest BCUT2D eigenvalue weighted by Gasteiger charge is -2.11. The number of carbonyl (C=O) groups excluding carboxylic acids is 1. The lowest BCUT2D eigenvalue weighted by Crippen LogP contribution is -2.15. The van der Waals surface area contributed by atoms with Crippen LogP contribution < -0.4 is 0 Å². The maximum atomic E-state index is 11.8. The standard InChI is InChI=1S/C19H38O2/c1-5-6-11-15-18(4)19(20)21-16-13-10-8-7-9-12-14-17(2)3/h17-18H,5-16H2,1-4H3. The average Bonchev–Trinajstić information content (AvgIpc) is 2.45. The predicted octanol–water partition coefficient (Wildman–Crippen LogP) is 6.13. The smallest absolute Gasteiger partial charge is 0.308 e. The molecule has 0 aromatic heterocycles. The van der Waals surface area contributed by atoms with Crippen molar-refractivity contribution in [2.24, 2.45) is 11.8 Å². The van der Waals surface area contributed by atoms with Gasteiger partial charge in [0, 0.05) is 0 Å². The van der Waals surface area contributed by atoms with Crippen molar-refractivity contribution >= 4 is 5.97 Å². The molecule has 126 valence electrons. The van der Waals surface area contributed by atoms with Crippen LogP contribution in [-0.4, -0.2) is 12.6 Å². The van der Waals surface area contributed by atoms with Crippen molar-refractivity contribution in [1.82, 2.24) is 0 Å². The van der Waals surface area contributed by atoms with Gasteiger partial charge in [0.15, 0.2) is 0 Å². The molecule has 0 aromatic rings. The van der Waals surface area contributed by atoms with Crippen LogP contribution in [-0.2, 0) is 9.53 Å². The van der Waals surface area contributed by atoms with E-state index in [1.807, 2.05) is 6.92 Å². The first-order chi connectivity index (χ1) is 10.1. The molecule has 0 saturated carbocycles. The van der Waals surface area contributed by atoms with Crippen molar-refractivity contribution in [3.63, 3.8) is 0 Å². The Balaban J connectivity index is 3.31. The van der Waals surface area contributed by atoms with E-state index in [1.54, 1.807) is 0 Å². The minimum absolute atomic E-state index is 0.00281. The highest BCUT2D eigenvalue weighted by Crippen LogP contribution is 2.13. The number of unbranched alkanes of at least 4 members (excludes halogenated alkanes) is 7. The van der Waals surface area contributed by atoms with Gasteiger partial charge in [-0.25, -0.2) is 0 Å². The summed E-state index contributed by atoms with van der Waals surface area (Å²) < 4.78 is 5.35. The highest BCUT2D eigenvalue weighted by atomic mass is 16.5. The molecule has 0 bridgehead atoms. The second-order valence-corrected chi connectivity index (χ2v) is 6.87. The Morgan fingerprint density at radius 2 is 1.38 bits per heavy atom. The predicted molar refractivity (Wildman–Crippen MR) is 91.4 cm³/mol. The molecule has 21 heavy (non-hydrogen) atoms. The minimum atomic E-state index is 0.00281. The molecule has 0 amide bonds. The van der Waals surface area contributed by atoms with Crippen LogP contribution in [0.1, 0.15) is 98.3 Å². The summed E-state index contributed by atoms with van der Waals surface area (Å²) in [6, 6.07) is 0. The SMILES string of the molecule is CCCCCC(C)C(=O)OCCCCCCCCC(C)C. The molecule has 0 aliphatic heterocycles. The molecular formula is C19H38O2. The van der Waals surface area contributed by atoms with Gasteiger partial charge in [-0.05, 0) is 18.8 Å². The van der Waals surface area contributed by atoms with Gasteiger partial charge in [0.05, 0.1) is 12.5 Å². The lowest BCUT2D eigenvalue weighted by molar-refractivity contribution is -0.148. The molecule has 0 N–H and O–H groups in total. The van der Waals surface area contributed by atoms with E-state index in [1.165, 1.54) is 51.4 Å². The Hall–Kier alpha value is -0.530. The fraction of sp³-hybridized carbons (Fsp3) is 0.947. The molecule has 1 unspecified atom stereocenters. The molecule has 0 aliphatic carbocycles. The van der Waals surface area contributed by atoms with Crippen molar-refractivity contribution in [2.75, 3.05) is 6.61 Å². The molecule has 0 fully saturated rings. The first-order valence-corrected chi connectivity index (χ1v) is 9.24. The Kier molecular flexibility index (Phi) is 14.0. The summed E-state index contributed by atoms with van der Waals surface area (Å²) in [4.78, 5) is 11.8. The van der Waals surface area contributed by atoms with Gasteiger partial charge in [0.25, 0.3) is 0 Å². The van der Waals surface area contributed by atoms with Gasteiger partial charge in [-0.2, -0.15) is 0 Å². The van der Waals surface area contributed by atoms with Crippen LogP contribution in [0.5, 0.6) is 0 Å². The lowest BCUT2D eigenvalue weighted by atomic mass is 10.0. The molecule has 0 radical (unpaired) electrons. The van der Waals surface area contributed by atoms with Crippen LogP contribution in [0.25, 0.3) is 0 Å². The van der Waals surface area contributed by atoms with Gasteiger partial charge in [0.2, 0.25) is 0 Å². The fourth-order valence-corrected chi connectivity index (χ4v) is 2.50. The Bertz CT molecular complexity index is 236. The van der Waals surface area contributed by atoms with Gasteiger partial charge in [-0.15, -0.1) is 0 Å². The van der Waals surface area contributed by atoms with Gasteiger partial charge in [-0.1, -0.05) is 85.5 Å². The number of ether oxygens (including phenoxy) is 1. The summed E-state index contributed by atoms with van der Waals surface area (Å²) in [5.41, 5.74) is 0.